The SMILES string of the molecule is CC(C)Cc1ccc([C@@H](C)C(=O)N[C@@H](Cc2cnc[nH]2)C(=O)O)cc1. The second-order valence-corrected chi connectivity index (χ2v) is 6.74. The van der Waals surface area contributed by atoms with E-state index in [9.17, 15) is 14.7 Å². The molecule has 134 valence electrons. The highest BCUT2D eigenvalue weighted by Gasteiger charge is 2.24. The second-order valence-electron chi connectivity index (χ2n) is 6.74. The molecule has 0 saturated heterocycles. The van der Waals surface area contributed by atoms with E-state index in [0.29, 0.717) is 11.6 Å². The Balaban J connectivity index is 2.01. The zero-order valence-electron chi connectivity index (χ0n) is 14.8. The summed E-state index contributed by atoms with van der Waals surface area (Å²) in [6, 6.07) is 6.94. The minimum Gasteiger partial charge on any atom is -0.480 e. The number of carbonyl (C=O) groups excluding carboxylic acids is 1. The number of nitrogens with zero attached hydrogens (tertiary/aromatic N) is 1. The highest BCUT2D eigenvalue weighted by atomic mass is 16.4. The molecule has 1 heterocycles. The van der Waals surface area contributed by atoms with Crippen LogP contribution in [0.25, 0.3) is 0 Å². The summed E-state index contributed by atoms with van der Waals surface area (Å²) in [5, 5.41) is 12.0. The number of aromatic nitrogens is 2. The van der Waals surface area contributed by atoms with Gasteiger partial charge in [-0.3, -0.25) is 4.79 Å². The minimum atomic E-state index is -1.07. The number of nitrogens with one attached hydrogen (secondary N) is 2. The van der Waals surface area contributed by atoms with Crippen LogP contribution in [0.5, 0.6) is 0 Å². The van der Waals surface area contributed by atoms with Gasteiger partial charge in [0, 0.05) is 18.3 Å². The molecular weight excluding hydrogens is 318 g/mol. The van der Waals surface area contributed by atoms with Crippen LogP contribution in [0.2, 0.25) is 0 Å². The molecule has 3 N–H and O–H groups in total. The Kier molecular flexibility index (Phi) is 6.33. The molecule has 1 aromatic heterocycles. The molecule has 1 amide bonds. The van der Waals surface area contributed by atoms with Crippen molar-refractivity contribution in [3.05, 3.63) is 53.6 Å². The molecular formula is C19H25N3O3. The zero-order valence-corrected chi connectivity index (χ0v) is 14.8. The van der Waals surface area contributed by atoms with Crippen molar-refractivity contribution in [2.75, 3.05) is 0 Å². The maximum Gasteiger partial charge on any atom is 0.326 e. The van der Waals surface area contributed by atoms with Gasteiger partial charge in [0.05, 0.1) is 12.2 Å². The lowest BCUT2D eigenvalue weighted by Gasteiger charge is -2.18. The molecule has 6 nitrogen and oxygen atoms in total. The average Bonchev–Trinajstić information content (AvgIpc) is 3.06. The van der Waals surface area contributed by atoms with Gasteiger partial charge in [0.15, 0.2) is 0 Å². The van der Waals surface area contributed by atoms with Gasteiger partial charge in [0.25, 0.3) is 0 Å². The maximum atomic E-state index is 12.4. The standard InChI is InChI=1S/C19H25N3O3/c1-12(2)8-14-4-6-15(7-5-14)13(3)18(23)22-17(19(24)25)9-16-10-20-11-21-16/h4-7,10-13,17H,8-9H2,1-3H3,(H,20,21)(H,22,23)(H,24,25)/t13-,17+/m1/s1. The van der Waals surface area contributed by atoms with Crippen molar-refractivity contribution in [2.45, 2.75) is 45.6 Å². The van der Waals surface area contributed by atoms with Crippen molar-refractivity contribution in [3.63, 3.8) is 0 Å². The second kappa shape index (κ2) is 8.46. The molecule has 0 bridgehead atoms. The van der Waals surface area contributed by atoms with Gasteiger partial charge in [0.1, 0.15) is 6.04 Å². The number of hydrogen-bond donors (Lipinski definition) is 3. The van der Waals surface area contributed by atoms with E-state index in [-0.39, 0.29) is 12.3 Å². The minimum absolute atomic E-state index is 0.168. The number of rotatable bonds is 8. The summed E-state index contributed by atoms with van der Waals surface area (Å²) in [7, 11) is 0. The molecule has 0 aliphatic rings. The first-order valence-corrected chi connectivity index (χ1v) is 8.46. The molecule has 0 fully saturated rings. The Morgan fingerprint density at radius 2 is 1.84 bits per heavy atom. The highest BCUT2D eigenvalue weighted by molar-refractivity contribution is 5.87. The molecule has 6 heteroatoms. The number of imidazole rings is 1. The lowest BCUT2D eigenvalue weighted by atomic mass is 9.96. The van der Waals surface area contributed by atoms with Gasteiger partial charge < -0.3 is 15.4 Å². The molecule has 0 unspecified atom stereocenters. The molecule has 0 aliphatic carbocycles. The number of carbonyl (C=O) groups is 2. The quantitative estimate of drug-likeness (QED) is 0.686. The number of carboxylic acids is 1. The number of aromatic amines is 1. The van der Waals surface area contributed by atoms with E-state index in [1.54, 1.807) is 13.1 Å². The fraction of sp³-hybridized carbons (Fsp3) is 0.421. The largest absolute Gasteiger partial charge is 0.480 e. The van der Waals surface area contributed by atoms with E-state index in [2.05, 4.69) is 29.1 Å². The molecule has 2 aromatic rings. The van der Waals surface area contributed by atoms with Crippen molar-refractivity contribution in [3.8, 4) is 0 Å². The molecule has 0 radical (unpaired) electrons. The van der Waals surface area contributed by atoms with Gasteiger partial charge in [-0.1, -0.05) is 38.1 Å². The van der Waals surface area contributed by atoms with E-state index in [1.807, 2.05) is 24.3 Å². The molecule has 0 aliphatic heterocycles. The topological polar surface area (TPSA) is 95.1 Å². The summed E-state index contributed by atoms with van der Waals surface area (Å²) < 4.78 is 0. The van der Waals surface area contributed by atoms with Crippen LogP contribution >= 0.6 is 0 Å². The van der Waals surface area contributed by atoms with Crippen LogP contribution in [-0.2, 0) is 22.4 Å². The van der Waals surface area contributed by atoms with Crippen LogP contribution in [0.3, 0.4) is 0 Å². The summed E-state index contributed by atoms with van der Waals surface area (Å²) >= 11 is 0. The van der Waals surface area contributed by atoms with Crippen LogP contribution in [0.15, 0.2) is 36.8 Å². The Labute approximate surface area is 147 Å². The highest BCUT2D eigenvalue weighted by Crippen LogP contribution is 2.18. The molecule has 2 rings (SSSR count). The predicted molar refractivity (Wildman–Crippen MR) is 95.3 cm³/mol. The number of aliphatic carboxylic acids is 1. The van der Waals surface area contributed by atoms with Crippen LogP contribution in [-0.4, -0.2) is 33.0 Å². The summed E-state index contributed by atoms with van der Waals surface area (Å²) in [4.78, 5) is 30.6. The normalized spacial score (nSPS) is 13.4. The molecule has 25 heavy (non-hydrogen) atoms. The van der Waals surface area contributed by atoms with Gasteiger partial charge >= 0.3 is 5.97 Å². The number of amides is 1. The maximum absolute atomic E-state index is 12.4. The third kappa shape index (κ3) is 5.45. The predicted octanol–water partition coefficient (Wildman–Crippen LogP) is 2.52. The lowest BCUT2D eigenvalue weighted by Crippen LogP contribution is -2.44. The Hall–Kier alpha value is -2.63. The summed E-state index contributed by atoms with van der Waals surface area (Å²) in [6.07, 6.45) is 4.20. The summed E-state index contributed by atoms with van der Waals surface area (Å²) in [5.74, 6) is -1.21. The van der Waals surface area contributed by atoms with Crippen molar-refractivity contribution in [2.24, 2.45) is 5.92 Å². The third-order valence-electron chi connectivity index (χ3n) is 4.11. The van der Waals surface area contributed by atoms with Crippen LogP contribution < -0.4 is 5.32 Å². The van der Waals surface area contributed by atoms with E-state index >= 15 is 0 Å². The van der Waals surface area contributed by atoms with E-state index < -0.39 is 17.9 Å². The van der Waals surface area contributed by atoms with Gasteiger partial charge in [-0.2, -0.15) is 0 Å². The van der Waals surface area contributed by atoms with E-state index in [1.165, 1.54) is 11.9 Å². The summed E-state index contributed by atoms with van der Waals surface area (Å²) in [5.41, 5.74) is 2.77. The van der Waals surface area contributed by atoms with E-state index in [4.69, 9.17) is 0 Å². The Morgan fingerprint density at radius 1 is 1.16 bits per heavy atom. The smallest absolute Gasteiger partial charge is 0.326 e. The number of hydrogen-bond acceptors (Lipinski definition) is 3. The molecule has 2 atom stereocenters. The van der Waals surface area contributed by atoms with Gasteiger partial charge in [0.2, 0.25) is 5.91 Å². The van der Waals surface area contributed by atoms with Crippen molar-refractivity contribution >= 4 is 11.9 Å². The monoisotopic (exact) mass is 343 g/mol. The van der Waals surface area contributed by atoms with Crippen LogP contribution in [0, 0.1) is 5.92 Å². The molecule has 0 spiro atoms. The first-order chi connectivity index (χ1) is 11.9. The van der Waals surface area contributed by atoms with Crippen molar-refractivity contribution in [1.82, 2.24) is 15.3 Å². The van der Waals surface area contributed by atoms with Gasteiger partial charge in [-0.25, -0.2) is 9.78 Å². The Morgan fingerprint density at radius 3 is 2.36 bits per heavy atom. The first-order valence-electron chi connectivity index (χ1n) is 8.46. The van der Waals surface area contributed by atoms with Crippen LogP contribution in [0.1, 0.15) is 43.5 Å². The zero-order chi connectivity index (χ0) is 18.4. The third-order valence-corrected chi connectivity index (χ3v) is 4.11. The number of carboxylic acid groups (broad SMARTS) is 1. The van der Waals surface area contributed by atoms with Crippen molar-refractivity contribution < 1.29 is 14.7 Å². The Bertz CT molecular complexity index is 693. The molecule has 0 saturated carbocycles. The number of H-pyrrole nitrogens is 1. The fourth-order valence-corrected chi connectivity index (χ4v) is 2.68. The van der Waals surface area contributed by atoms with Gasteiger partial charge in [-0.05, 0) is 30.4 Å². The van der Waals surface area contributed by atoms with E-state index in [0.717, 1.165) is 12.0 Å². The summed E-state index contributed by atoms with van der Waals surface area (Å²) in [6.45, 7) is 6.10. The average molecular weight is 343 g/mol. The van der Waals surface area contributed by atoms with Crippen molar-refractivity contribution in [1.29, 1.82) is 0 Å². The lowest BCUT2D eigenvalue weighted by molar-refractivity contribution is -0.142. The number of benzene rings is 1. The first kappa shape index (κ1) is 18.7. The van der Waals surface area contributed by atoms with Crippen LogP contribution in [0.4, 0.5) is 0 Å². The molecule has 1 aromatic carbocycles. The van der Waals surface area contributed by atoms with Gasteiger partial charge in [-0.15, -0.1) is 0 Å². The fourth-order valence-electron chi connectivity index (χ4n) is 2.68.